The van der Waals surface area contributed by atoms with Gasteiger partial charge in [-0.05, 0) is 0 Å². The van der Waals surface area contributed by atoms with Gasteiger partial charge < -0.3 is 5.73 Å². The Morgan fingerprint density at radius 2 is 2.50 bits per heavy atom. The van der Waals surface area contributed by atoms with Gasteiger partial charge in [0.15, 0.2) is 0 Å². The highest BCUT2D eigenvalue weighted by molar-refractivity contribution is 7.55. The van der Waals surface area contributed by atoms with Crippen molar-refractivity contribution in [3.8, 4) is 0 Å². The first-order valence-electron chi connectivity index (χ1n) is 1.11. The molecule has 0 aromatic heterocycles. The van der Waals surface area contributed by atoms with Crippen molar-refractivity contribution < 1.29 is 4.21 Å². The molecule has 0 radical (unpaired) electrons. The standard InChI is InChI=1S/CH3N3OS/c2-1(3)4-6-5/h(H3,2,3). The van der Waals surface area contributed by atoms with Crippen LogP contribution in [-0.4, -0.2) is 10.2 Å². The Labute approximate surface area is 38.1 Å². The molecule has 0 aliphatic heterocycles. The highest BCUT2D eigenvalue weighted by Crippen LogP contribution is 1.53. The van der Waals surface area contributed by atoms with Crippen LogP contribution in [0.4, 0.5) is 0 Å². The number of rotatable bonds is 0. The lowest BCUT2D eigenvalue weighted by Gasteiger charge is -1.69. The zero-order valence-corrected chi connectivity index (χ0v) is 3.66. The summed E-state index contributed by atoms with van der Waals surface area (Å²) in [6, 6.07) is 0. The van der Waals surface area contributed by atoms with Crippen molar-refractivity contribution in [2.24, 2.45) is 10.1 Å². The molecule has 0 aliphatic carbocycles. The molecule has 0 amide bonds. The lowest BCUT2D eigenvalue weighted by molar-refractivity contribution is 0.698. The van der Waals surface area contributed by atoms with Gasteiger partial charge in [0.05, 0.1) is 0 Å². The van der Waals surface area contributed by atoms with E-state index in [0.717, 1.165) is 0 Å². The number of nitrogens with one attached hydrogen (secondary N) is 1. The van der Waals surface area contributed by atoms with Crippen LogP contribution in [0.3, 0.4) is 0 Å². The first-order valence-corrected chi connectivity index (χ1v) is 1.81. The first-order chi connectivity index (χ1) is 2.77. The summed E-state index contributed by atoms with van der Waals surface area (Å²) in [7, 11) is 0. The molecule has 5 heteroatoms. The van der Waals surface area contributed by atoms with Crippen LogP contribution < -0.4 is 5.73 Å². The molecule has 0 aromatic rings. The van der Waals surface area contributed by atoms with Gasteiger partial charge in [-0.3, -0.25) is 5.41 Å². The molecule has 0 aromatic carbocycles. The van der Waals surface area contributed by atoms with E-state index < -0.39 is 5.96 Å². The lowest BCUT2D eigenvalue weighted by atomic mass is 11.1. The number of nitrogens with zero attached hydrogens (tertiary/aromatic N) is 1. The van der Waals surface area contributed by atoms with Crippen molar-refractivity contribution in [2.75, 3.05) is 0 Å². The number of hydrogen-bond donors (Lipinski definition) is 2. The summed E-state index contributed by atoms with van der Waals surface area (Å²) in [4.78, 5) is 0. The second kappa shape index (κ2) is 2.52. The molecular weight excluding hydrogens is 102 g/mol. The van der Waals surface area contributed by atoms with Crippen molar-refractivity contribution in [1.29, 1.82) is 5.41 Å². The van der Waals surface area contributed by atoms with Crippen LogP contribution >= 0.6 is 0 Å². The fourth-order valence-corrected chi connectivity index (χ4v) is 0.120. The molecule has 6 heavy (non-hydrogen) atoms. The minimum absolute atomic E-state index is 0.0648. The second-order valence-corrected chi connectivity index (χ2v) is 0.883. The van der Waals surface area contributed by atoms with Crippen LogP contribution in [0.5, 0.6) is 0 Å². The highest BCUT2D eigenvalue weighted by atomic mass is 32.1. The van der Waals surface area contributed by atoms with Crippen molar-refractivity contribution in [3.05, 3.63) is 0 Å². The van der Waals surface area contributed by atoms with Gasteiger partial charge in [-0.2, -0.15) is 4.21 Å². The Morgan fingerprint density at radius 1 is 2.00 bits per heavy atom. The van der Waals surface area contributed by atoms with E-state index in [2.05, 4.69) is 10.1 Å². The maximum atomic E-state index is 9.27. The molecule has 0 bridgehead atoms. The van der Waals surface area contributed by atoms with E-state index in [0.29, 0.717) is 0 Å². The van der Waals surface area contributed by atoms with Gasteiger partial charge in [-0.15, -0.1) is 4.36 Å². The smallest absolute Gasteiger partial charge is 0.226 e. The molecule has 0 spiro atoms. The number of nitrogens with two attached hydrogens (primary N) is 1. The van der Waals surface area contributed by atoms with Crippen molar-refractivity contribution >= 4 is 17.4 Å². The summed E-state index contributed by atoms with van der Waals surface area (Å²) in [5.41, 5.74) is 4.60. The molecule has 0 saturated heterocycles. The monoisotopic (exact) mass is 105 g/mol. The van der Waals surface area contributed by atoms with E-state index in [1.165, 1.54) is 0 Å². The first kappa shape index (κ1) is 5.29. The number of hydrogen-bond acceptors (Lipinski definition) is 2. The molecule has 0 saturated carbocycles. The highest BCUT2D eigenvalue weighted by Gasteiger charge is 1.69. The average molecular weight is 105 g/mol. The molecule has 0 aliphatic rings. The fraction of sp³-hybridized carbons (Fsp3) is 0. The topological polar surface area (TPSA) is 79.3 Å². The Kier molecular flexibility index (Phi) is 2.22. The van der Waals surface area contributed by atoms with E-state index in [1.54, 1.807) is 0 Å². The Morgan fingerprint density at radius 3 is 2.50 bits per heavy atom. The van der Waals surface area contributed by atoms with E-state index in [4.69, 9.17) is 5.41 Å². The summed E-state index contributed by atoms with van der Waals surface area (Å²) in [6.45, 7) is 0. The molecule has 0 heterocycles. The maximum absolute atomic E-state index is 9.27. The van der Waals surface area contributed by atoms with E-state index >= 15 is 0 Å². The fourth-order valence-electron chi connectivity index (χ4n) is 0.0402. The molecule has 0 fully saturated rings. The predicted octanol–water partition coefficient (Wildman–Crippen LogP) is -0.724. The minimum Gasteiger partial charge on any atom is -0.367 e. The normalized spacial score (nSPS) is 6.67. The van der Waals surface area contributed by atoms with Crippen molar-refractivity contribution in [2.45, 2.75) is 0 Å². The van der Waals surface area contributed by atoms with Crippen molar-refractivity contribution in [3.63, 3.8) is 0 Å². The molecular formula is CH3N3OS. The van der Waals surface area contributed by atoms with Crippen LogP contribution in [0.15, 0.2) is 4.36 Å². The van der Waals surface area contributed by atoms with E-state index in [9.17, 15) is 4.21 Å². The van der Waals surface area contributed by atoms with Crippen LogP contribution in [-0.2, 0) is 11.5 Å². The van der Waals surface area contributed by atoms with Crippen LogP contribution in [0.2, 0.25) is 0 Å². The zero-order chi connectivity index (χ0) is 4.99. The summed E-state index contributed by atoms with van der Waals surface area (Å²) in [5.74, 6) is -0.435. The SMILES string of the molecule is N=C(N)N=S=O. The van der Waals surface area contributed by atoms with E-state index in [-0.39, 0.29) is 11.5 Å². The predicted molar refractivity (Wildman–Crippen MR) is 22.5 cm³/mol. The summed E-state index contributed by atoms with van der Waals surface area (Å²) < 4.78 is 12.1. The Bertz CT molecular complexity index is 103. The molecule has 34 valence electrons. The Balaban J connectivity index is 3.60. The second-order valence-electron chi connectivity index (χ2n) is 0.551. The molecule has 0 rings (SSSR count). The van der Waals surface area contributed by atoms with Gasteiger partial charge in [-0.25, -0.2) is 0 Å². The molecule has 4 nitrogen and oxygen atoms in total. The number of guanidine groups is 1. The van der Waals surface area contributed by atoms with Gasteiger partial charge in [0.1, 0.15) is 0 Å². The third-order valence-electron chi connectivity index (χ3n) is 0.136. The lowest BCUT2D eigenvalue weighted by Crippen LogP contribution is -2.03. The summed E-state index contributed by atoms with van der Waals surface area (Å²) >= 11 is -0.0648. The van der Waals surface area contributed by atoms with Crippen LogP contribution in [0.25, 0.3) is 0 Å². The van der Waals surface area contributed by atoms with Gasteiger partial charge >= 0.3 is 0 Å². The van der Waals surface area contributed by atoms with Gasteiger partial charge in [-0.1, -0.05) is 0 Å². The van der Waals surface area contributed by atoms with Crippen molar-refractivity contribution in [1.82, 2.24) is 0 Å². The minimum atomic E-state index is -0.435. The maximum Gasteiger partial charge on any atom is 0.226 e. The average Bonchev–Trinajstić information content (AvgIpc) is 1.35. The van der Waals surface area contributed by atoms with Gasteiger partial charge in [0.25, 0.3) is 0 Å². The van der Waals surface area contributed by atoms with Gasteiger partial charge in [0.2, 0.25) is 17.4 Å². The largest absolute Gasteiger partial charge is 0.367 e. The quantitative estimate of drug-likeness (QED) is 0.315. The van der Waals surface area contributed by atoms with Gasteiger partial charge in [0, 0.05) is 0 Å². The summed E-state index contributed by atoms with van der Waals surface area (Å²) in [6.07, 6.45) is 0. The zero-order valence-electron chi connectivity index (χ0n) is 2.84. The van der Waals surface area contributed by atoms with E-state index in [1.807, 2.05) is 0 Å². The van der Waals surface area contributed by atoms with Crippen LogP contribution in [0, 0.1) is 5.41 Å². The summed E-state index contributed by atoms with van der Waals surface area (Å²) in [5, 5.41) is 6.28. The third-order valence-corrected chi connectivity index (χ3v) is 0.407. The molecule has 0 unspecified atom stereocenters. The molecule has 0 atom stereocenters. The van der Waals surface area contributed by atoms with Crippen LogP contribution in [0.1, 0.15) is 0 Å². The third kappa shape index (κ3) is 3.29. The Hall–Kier alpha value is -0.710. The molecule has 3 N–H and O–H groups in total.